The summed E-state index contributed by atoms with van der Waals surface area (Å²) in [4.78, 5) is 22.1. The summed E-state index contributed by atoms with van der Waals surface area (Å²) in [5.41, 5.74) is 0.468. The van der Waals surface area contributed by atoms with Crippen molar-refractivity contribution in [2.75, 3.05) is 0 Å². The molecule has 2 rings (SSSR count). The molecule has 6 heteroatoms. The van der Waals surface area contributed by atoms with Gasteiger partial charge in [0, 0.05) is 5.56 Å². The Morgan fingerprint density at radius 3 is 2.25 bits per heavy atom. The summed E-state index contributed by atoms with van der Waals surface area (Å²) in [6.07, 6.45) is -1.40. The molecule has 1 fully saturated rings. The van der Waals surface area contributed by atoms with Crippen LogP contribution < -0.4 is 0 Å². The fourth-order valence-electron chi connectivity index (χ4n) is 1.26. The summed E-state index contributed by atoms with van der Waals surface area (Å²) in [7, 11) is 0. The molecule has 0 bridgehead atoms. The van der Waals surface area contributed by atoms with Crippen LogP contribution >= 0.6 is 23.2 Å². The lowest BCUT2D eigenvalue weighted by Crippen LogP contribution is -2.26. The first-order valence-electron chi connectivity index (χ1n) is 4.40. The predicted molar refractivity (Wildman–Crippen MR) is 56.0 cm³/mol. The summed E-state index contributed by atoms with van der Waals surface area (Å²) in [6, 6.07) is 4.60. The molecule has 0 unspecified atom stereocenters. The van der Waals surface area contributed by atoms with Crippen molar-refractivity contribution in [2.24, 2.45) is 0 Å². The minimum Gasteiger partial charge on any atom is -0.420 e. The number of hydrogen-bond donors (Lipinski definition) is 0. The maximum Gasteiger partial charge on any atom is 0.320 e. The van der Waals surface area contributed by atoms with Crippen LogP contribution in [-0.4, -0.2) is 11.9 Å². The van der Waals surface area contributed by atoms with Gasteiger partial charge in [-0.15, -0.1) is 0 Å². The highest BCUT2D eigenvalue weighted by atomic mass is 35.5. The molecule has 16 heavy (non-hydrogen) atoms. The average Bonchev–Trinajstić information content (AvgIpc) is 2.20. The second-order valence-electron chi connectivity index (χ2n) is 3.16. The van der Waals surface area contributed by atoms with Crippen molar-refractivity contribution in [3.63, 3.8) is 0 Å². The van der Waals surface area contributed by atoms with Gasteiger partial charge in [0.15, 0.2) is 0 Å². The molecule has 0 N–H and O–H groups in total. The van der Waals surface area contributed by atoms with E-state index in [1.165, 1.54) is 12.1 Å². The van der Waals surface area contributed by atoms with Gasteiger partial charge in [-0.05, 0) is 18.2 Å². The van der Waals surface area contributed by atoms with E-state index in [1.807, 2.05) is 0 Å². The number of esters is 2. The Labute approximate surface area is 101 Å². The third-order valence-electron chi connectivity index (χ3n) is 1.98. The molecule has 1 aliphatic rings. The minimum absolute atomic E-state index is 0.303. The maximum absolute atomic E-state index is 11.0. The van der Waals surface area contributed by atoms with Crippen LogP contribution in [0.1, 0.15) is 18.3 Å². The van der Waals surface area contributed by atoms with Crippen molar-refractivity contribution >= 4 is 35.1 Å². The molecule has 0 atom stereocenters. The van der Waals surface area contributed by atoms with E-state index in [-0.39, 0.29) is 6.42 Å². The van der Waals surface area contributed by atoms with E-state index in [2.05, 4.69) is 0 Å². The highest BCUT2D eigenvalue weighted by molar-refractivity contribution is 6.42. The average molecular weight is 261 g/mol. The standard InChI is InChI=1S/C10H6Cl2O4/c11-6-2-1-5(3-7(6)12)10-15-8(13)4-9(14)16-10/h1-3,10H,4H2. The van der Waals surface area contributed by atoms with Gasteiger partial charge in [0.2, 0.25) is 0 Å². The predicted octanol–water partition coefficient (Wildman–Crippen LogP) is 2.48. The zero-order valence-corrected chi connectivity index (χ0v) is 9.42. The van der Waals surface area contributed by atoms with E-state index in [0.29, 0.717) is 15.6 Å². The topological polar surface area (TPSA) is 52.6 Å². The molecule has 1 aliphatic heterocycles. The van der Waals surface area contributed by atoms with Gasteiger partial charge in [0.05, 0.1) is 10.0 Å². The number of carbonyl (C=O) groups is 2. The highest BCUT2D eigenvalue weighted by Gasteiger charge is 2.29. The zero-order chi connectivity index (χ0) is 11.7. The lowest BCUT2D eigenvalue weighted by atomic mass is 10.2. The van der Waals surface area contributed by atoms with Crippen molar-refractivity contribution in [3.8, 4) is 0 Å². The van der Waals surface area contributed by atoms with E-state index < -0.39 is 18.2 Å². The third kappa shape index (κ3) is 2.28. The van der Waals surface area contributed by atoms with Crippen LogP contribution in [0.25, 0.3) is 0 Å². The van der Waals surface area contributed by atoms with E-state index in [9.17, 15) is 9.59 Å². The van der Waals surface area contributed by atoms with Crippen molar-refractivity contribution in [1.29, 1.82) is 0 Å². The number of benzene rings is 1. The Balaban J connectivity index is 2.26. The number of cyclic esters (lactones) is 2. The maximum atomic E-state index is 11.0. The number of ether oxygens (including phenoxy) is 2. The second-order valence-corrected chi connectivity index (χ2v) is 3.98. The van der Waals surface area contributed by atoms with E-state index in [4.69, 9.17) is 32.7 Å². The summed E-state index contributed by atoms with van der Waals surface area (Å²) in [5, 5.41) is 0.677. The van der Waals surface area contributed by atoms with Crippen LogP contribution in [0.5, 0.6) is 0 Å². The molecule has 0 aromatic heterocycles. The minimum atomic E-state index is -1.04. The molecule has 0 radical (unpaired) electrons. The van der Waals surface area contributed by atoms with Gasteiger partial charge in [-0.3, -0.25) is 9.59 Å². The van der Waals surface area contributed by atoms with E-state index in [1.54, 1.807) is 6.07 Å². The molecule has 0 spiro atoms. The van der Waals surface area contributed by atoms with Gasteiger partial charge in [-0.25, -0.2) is 0 Å². The highest BCUT2D eigenvalue weighted by Crippen LogP contribution is 2.29. The van der Waals surface area contributed by atoms with Gasteiger partial charge >= 0.3 is 11.9 Å². The molecule has 1 aromatic carbocycles. The monoisotopic (exact) mass is 260 g/mol. The fraction of sp³-hybridized carbons (Fsp3) is 0.200. The van der Waals surface area contributed by atoms with Crippen molar-refractivity contribution < 1.29 is 19.1 Å². The first-order chi connectivity index (χ1) is 7.56. The number of halogens is 2. The molecule has 84 valence electrons. The third-order valence-corrected chi connectivity index (χ3v) is 2.72. The Bertz CT molecular complexity index is 442. The molecule has 1 saturated heterocycles. The molecule has 0 saturated carbocycles. The zero-order valence-electron chi connectivity index (χ0n) is 7.91. The van der Waals surface area contributed by atoms with Crippen LogP contribution in [0.2, 0.25) is 10.0 Å². The SMILES string of the molecule is O=C1CC(=O)OC(c2ccc(Cl)c(Cl)c2)O1. The molecule has 1 aromatic rings. The number of hydrogen-bond acceptors (Lipinski definition) is 4. The number of rotatable bonds is 1. The smallest absolute Gasteiger partial charge is 0.320 e. The Kier molecular flexibility index (Phi) is 3.03. The first-order valence-corrected chi connectivity index (χ1v) is 5.16. The molecular weight excluding hydrogens is 255 g/mol. The van der Waals surface area contributed by atoms with Crippen LogP contribution in [0.15, 0.2) is 18.2 Å². The van der Waals surface area contributed by atoms with Crippen molar-refractivity contribution in [3.05, 3.63) is 33.8 Å². The summed E-state index contributed by atoms with van der Waals surface area (Å²) in [6.45, 7) is 0. The fourth-order valence-corrected chi connectivity index (χ4v) is 1.57. The lowest BCUT2D eigenvalue weighted by Gasteiger charge is -2.22. The number of carbonyl (C=O) groups excluding carboxylic acids is 2. The van der Waals surface area contributed by atoms with E-state index in [0.717, 1.165) is 0 Å². The van der Waals surface area contributed by atoms with E-state index >= 15 is 0 Å². The van der Waals surface area contributed by atoms with Gasteiger partial charge < -0.3 is 9.47 Å². The van der Waals surface area contributed by atoms with Crippen LogP contribution in [0, 0.1) is 0 Å². The largest absolute Gasteiger partial charge is 0.420 e. The van der Waals surface area contributed by atoms with Gasteiger partial charge in [0.1, 0.15) is 6.42 Å². The summed E-state index contributed by atoms with van der Waals surface area (Å²) in [5.74, 6) is -1.24. The van der Waals surface area contributed by atoms with Gasteiger partial charge in [-0.1, -0.05) is 23.2 Å². The Morgan fingerprint density at radius 2 is 1.69 bits per heavy atom. The summed E-state index contributed by atoms with van der Waals surface area (Å²) >= 11 is 11.5. The normalized spacial score (nSPS) is 16.9. The lowest BCUT2D eigenvalue weighted by molar-refractivity contribution is -0.204. The van der Waals surface area contributed by atoms with Crippen LogP contribution in [-0.2, 0) is 19.1 Å². The molecule has 0 amide bonds. The van der Waals surface area contributed by atoms with Gasteiger partial charge in [0.25, 0.3) is 6.29 Å². The Morgan fingerprint density at radius 1 is 1.06 bits per heavy atom. The van der Waals surface area contributed by atoms with Crippen LogP contribution in [0.3, 0.4) is 0 Å². The quantitative estimate of drug-likeness (QED) is 0.575. The molecule has 4 nitrogen and oxygen atoms in total. The van der Waals surface area contributed by atoms with Crippen LogP contribution in [0.4, 0.5) is 0 Å². The molecule has 1 heterocycles. The van der Waals surface area contributed by atoms with Gasteiger partial charge in [-0.2, -0.15) is 0 Å². The second kappa shape index (κ2) is 4.31. The van der Waals surface area contributed by atoms with Crippen molar-refractivity contribution in [2.45, 2.75) is 12.7 Å². The van der Waals surface area contributed by atoms with Crippen molar-refractivity contribution in [1.82, 2.24) is 0 Å². The molecular formula is C10H6Cl2O4. The summed E-state index contributed by atoms with van der Waals surface area (Å²) < 4.78 is 9.71. The first kappa shape index (κ1) is 11.2. The Hall–Kier alpha value is -1.26. The molecule has 0 aliphatic carbocycles.